The molecule has 154 valence electrons. The number of anilines is 1. The van der Waals surface area contributed by atoms with E-state index in [0.29, 0.717) is 38.0 Å². The highest BCUT2D eigenvalue weighted by Gasteiger charge is 2.26. The van der Waals surface area contributed by atoms with Gasteiger partial charge < -0.3 is 20.5 Å². The number of nitrogens with zero attached hydrogens (tertiary/aromatic N) is 1. The van der Waals surface area contributed by atoms with Gasteiger partial charge in [0, 0.05) is 18.3 Å². The molecule has 3 rings (SSSR count). The van der Waals surface area contributed by atoms with Crippen LogP contribution in [0.25, 0.3) is 0 Å². The lowest BCUT2D eigenvalue weighted by Crippen LogP contribution is -2.40. The number of carbonyl (C=O) groups is 2. The Kier molecular flexibility index (Phi) is 7.54. The zero-order valence-electron chi connectivity index (χ0n) is 16.4. The molecule has 2 amide bonds. The van der Waals surface area contributed by atoms with E-state index in [2.05, 4.69) is 15.5 Å². The van der Waals surface area contributed by atoms with Gasteiger partial charge >= 0.3 is 12.0 Å². The summed E-state index contributed by atoms with van der Waals surface area (Å²) < 4.78 is 5.80. The minimum absolute atomic E-state index is 0.0352. The van der Waals surface area contributed by atoms with E-state index in [1.165, 1.54) is 32.4 Å². The van der Waals surface area contributed by atoms with E-state index in [0.717, 1.165) is 12.3 Å². The Labute approximate surface area is 166 Å². The van der Waals surface area contributed by atoms with Gasteiger partial charge in [-0.3, -0.25) is 9.69 Å². The van der Waals surface area contributed by atoms with Crippen molar-refractivity contribution in [3.63, 3.8) is 0 Å². The molecular weight excluding hydrogens is 358 g/mol. The molecule has 0 aromatic heterocycles. The number of urea groups is 1. The second-order valence-electron chi connectivity index (χ2n) is 7.76. The predicted octanol–water partition coefficient (Wildman–Crippen LogP) is 3.32. The fraction of sp³-hybridized carbons (Fsp3) is 0.619. The van der Waals surface area contributed by atoms with Crippen molar-refractivity contribution in [1.82, 2.24) is 10.2 Å². The largest absolute Gasteiger partial charge is 0.492 e. The number of ether oxygens (including phenoxy) is 1. The summed E-state index contributed by atoms with van der Waals surface area (Å²) in [6.07, 6.45) is 6.53. The number of piperidine rings is 1. The molecule has 1 saturated carbocycles. The van der Waals surface area contributed by atoms with Crippen LogP contribution in [0.2, 0.25) is 0 Å². The molecule has 0 unspecified atom stereocenters. The fourth-order valence-electron chi connectivity index (χ4n) is 3.95. The Hall–Kier alpha value is -2.28. The van der Waals surface area contributed by atoms with Crippen LogP contribution in [0.15, 0.2) is 24.3 Å². The first-order valence-electron chi connectivity index (χ1n) is 10.4. The summed E-state index contributed by atoms with van der Waals surface area (Å²) in [6, 6.07) is 7.17. The molecule has 3 N–H and O–H groups in total. The maximum Gasteiger partial charge on any atom is 0.319 e. The molecule has 1 saturated heterocycles. The van der Waals surface area contributed by atoms with E-state index in [9.17, 15) is 9.59 Å². The number of benzene rings is 1. The molecule has 2 fully saturated rings. The van der Waals surface area contributed by atoms with Crippen molar-refractivity contribution in [2.24, 2.45) is 5.92 Å². The quantitative estimate of drug-likeness (QED) is 0.665. The van der Waals surface area contributed by atoms with Gasteiger partial charge in [0.05, 0.1) is 5.92 Å². The van der Waals surface area contributed by atoms with E-state index in [-0.39, 0.29) is 18.0 Å². The molecule has 2 aliphatic rings. The average Bonchev–Trinajstić information content (AvgIpc) is 2.70. The van der Waals surface area contributed by atoms with E-state index in [1.807, 2.05) is 24.3 Å². The summed E-state index contributed by atoms with van der Waals surface area (Å²) in [6.45, 7) is 3.96. The van der Waals surface area contributed by atoms with Gasteiger partial charge in [-0.2, -0.15) is 0 Å². The molecule has 0 spiro atoms. The maximum atomic E-state index is 12.2. The number of carboxylic acid groups (broad SMARTS) is 1. The van der Waals surface area contributed by atoms with Gasteiger partial charge in [-0.25, -0.2) is 4.79 Å². The third-order valence-electron chi connectivity index (χ3n) is 5.65. The number of aliphatic carboxylic acids is 1. The molecule has 0 bridgehead atoms. The van der Waals surface area contributed by atoms with Crippen LogP contribution in [0.1, 0.15) is 44.9 Å². The lowest BCUT2D eigenvalue weighted by Gasteiger charge is -2.26. The molecule has 1 aromatic carbocycles. The summed E-state index contributed by atoms with van der Waals surface area (Å²) in [5.41, 5.74) is 0.708. The van der Waals surface area contributed by atoms with Gasteiger partial charge in [0.1, 0.15) is 12.4 Å². The number of nitrogens with one attached hydrogen (secondary N) is 2. The standard InChI is InChI=1S/C21H31N3O4/c25-20(26)16-4-6-17(7-5-16)22-21(27)23-18-8-10-19(11-9-18)28-15-14-24-12-2-1-3-13-24/h8-11,16-17H,1-7,12-15H2,(H,25,26)(H2,22,23,27). The first-order valence-corrected chi connectivity index (χ1v) is 10.4. The van der Waals surface area contributed by atoms with Crippen molar-refractivity contribution in [1.29, 1.82) is 0 Å². The topological polar surface area (TPSA) is 90.9 Å². The Morgan fingerprint density at radius 1 is 1.04 bits per heavy atom. The van der Waals surface area contributed by atoms with Gasteiger partial charge in [-0.05, 0) is 75.9 Å². The van der Waals surface area contributed by atoms with Crippen LogP contribution in [0.4, 0.5) is 10.5 Å². The molecule has 28 heavy (non-hydrogen) atoms. The number of carbonyl (C=O) groups excluding carboxylic acids is 1. The minimum atomic E-state index is -0.735. The van der Waals surface area contributed by atoms with E-state index in [4.69, 9.17) is 9.84 Å². The van der Waals surface area contributed by atoms with Crippen LogP contribution >= 0.6 is 0 Å². The first kappa shape index (κ1) is 20.5. The highest BCUT2D eigenvalue weighted by molar-refractivity contribution is 5.89. The number of rotatable bonds is 7. The predicted molar refractivity (Wildman–Crippen MR) is 108 cm³/mol. The molecule has 1 aliphatic heterocycles. The third-order valence-corrected chi connectivity index (χ3v) is 5.65. The molecule has 7 nitrogen and oxygen atoms in total. The summed E-state index contributed by atoms with van der Waals surface area (Å²) in [5.74, 6) is -0.209. The molecule has 0 radical (unpaired) electrons. The summed E-state index contributed by atoms with van der Waals surface area (Å²) in [5, 5.41) is 14.8. The van der Waals surface area contributed by atoms with E-state index >= 15 is 0 Å². The van der Waals surface area contributed by atoms with Crippen LogP contribution in [0.3, 0.4) is 0 Å². The van der Waals surface area contributed by atoms with Crippen molar-refractivity contribution in [2.75, 3.05) is 31.6 Å². The van der Waals surface area contributed by atoms with Crippen LogP contribution in [-0.4, -0.2) is 54.3 Å². The Balaban J connectivity index is 1.35. The molecular formula is C21H31N3O4. The Morgan fingerprint density at radius 3 is 2.36 bits per heavy atom. The lowest BCUT2D eigenvalue weighted by molar-refractivity contribution is -0.142. The van der Waals surface area contributed by atoms with Gasteiger partial charge in [-0.15, -0.1) is 0 Å². The van der Waals surface area contributed by atoms with Gasteiger partial charge in [0.15, 0.2) is 0 Å². The second-order valence-corrected chi connectivity index (χ2v) is 7.76. The van der Waals surface area contributed by atoms with Gasteiger partial charge in [-0.1, -0.05) is 6.42 Å². The smallest absolute Gasteiger partial charge is 0.319 e. The molecule has 1 aliphatic carbocycles. The maximum absolute atomic E-state index is 12.2. The zero-order chi connectivity index (χ0) is 19.8. The fourth-order valence-corrected chi connectivity index (χ4v) is 3.95. The second kappa shape index (κ2) is 10.3. The normalized spacial score (nSPS) is 23.0. The lowest BCUT2D eigenvalue weighted by atomic mass is 9.86. The number of hydrogen-bond acceptors (Lipinski definition) is 4. The number of amides is 2. The number of likely N-dealkylation sites (tertiary alicyclic amines) is 1. The zero-order valence-corrected chi connectivity index (χ0v) is 16.4. The molecule has 7 heteroatoms. The number of hydrogen-bond donors (Lipinski definition) is 3. The first-order chi connectivity index (χ1) is 13.6. The minimum Gasteiger partial charge on any atom is -0.492 e. The van der Waals surface area contributed by atoms with Crippen molar-refractivity contribution in [3.8, 4) is 5.75 Å². The SMILES string of the molecule is O=C(Nc1ccc(OCCN2CCCCC2)cc1)NC1CCC(C(=O)O)CC1. The Bertz CT molecular complexity index is 636. The van der Waals surface area contributed by atoms with Crippen molar-refractivity contribution < 1.29 is 19.4 Å². The highest BCUT2D eigenvalue weighted by atomic mass is 16.5. The van der Waals surface area contributed by atoms with Gasteiger partial charge in [0.2, 0.25) is 0 Å². The third kappa shape index (κ3) is 6.41. The molecule has 0 atom stereocenters. The van der Waals surface area contributed by atoms with Crippen LogP contribution < -0.4 is 15.4 Å². The highest BCUT2D eigenvalue weighted by Crippen LogP contribution is 2.24. The van der Waals surface area contributed by atoms with Crippen molar-refractivity contribution in [3.05, 3.63) is 24.3 Å². The summed E-state index contributed by atoms with van der Waals surface area (Å²) >= 11 is 0. The van der Waals surface area contributed by atoms with Gasteiger partial charge in [0.25, 0.3) is 0 Å². The summed E-state index contributed by atoms with van der Waals surface area (Å²) in [4.78, 5) is 25.6. The van der Waals surface area contributed by atoms with E-state index < -0.39 is 5.97 Å². The average molecular weight is 389 g/mol. The molecule has 1 aromatic rings. The van der Waals surface area contributed by atoms with E-state index in [1.54, 1.807) is 0 Å². The molecule has 1 heterocycles. The van der Waals surface area contributed by atoms with Crippen molar-refractivity contribution >= 4 is 17.7 Å². The van der Waals surface area contributed by atoms with Crippen LogP contribution in [0.5, 0.6) is 5.75 Å². The van der Waals surface area contributed by atoms with Crippen LogP contribution in [-0.2, 0) is 4.79 Å². The number of carboxylic acids is 1. The van der Waals surface area contributed by atoms with Crippen molar-refractivity contribution in [2.45, 2.75) is 51.0 Å². The monoisotopic (exact) mass is 389 g/mol. The summed E-state index contributed by atoms with van der Waals surface area (Å²) in [7, 11) is 0. The Morgan fingerprint density at radius 2 is 1.71 bits per heavy atom. The van der Waals surface area contributed by atoms with Crippen LogP contribution in [0, 0.1) is 5.92 Å².